The van der Waals surface area contributed by atoms with Crippen molar-refractivity contribution >= 4 is 6.29 Å². The average molecular weight is 436 g/mol. The van der Waals surface area contributed by atoms with Crippen LogP contribution in [0, 0.1) is 17.6 Å². The van der Waals surface area contributed by atoms with E-state index in [-0.39, 0.29) is 6.04 Å². The zero-order chi connectivity index (χ0) is 22.2. The lowest BCUT2D eigenvalue weighted by atomic mass is 10.1. The molecular formula is C24H35F2N3O2. The van der Waals surface area contributed by atoms with Gasteiger partial charge in [-0.1, -0.05) is 12.8 Å². The molecule has 2 atom stereocenters. The van der Waals surface area contributed by atoms with Gasteiger partial charge in [0.2, 0.25) is 0 Å². The van der Waals surface area contributed by atoms with Gasteiger partial charge in [-0.2, -0.15) is 0 Å². The first-order chi connectivity index (χ1) is 14.9. The zero-order valence-electron chi connectivity index (χ0n) is 18.4. The van der Waals surface area contributed by atoms with Crippen molar-refractivity contribution < 1.29 is 18.3 Å². The molecule has 0 spiro atoms. The number of nitrogens with two attached hydrogens (primary N) is 1. The number of likely N-dealkylation sites (N-methyl/N-ethyl adjacent to an activating group) is 1. The summed E-state index contributed by atoms with van der Waals surface area (Å²) in [6.45, 7) is 6.20. The fourth-order valence-electron chi connectivity index (χ4n) is 4.68. The molecule has 0 bridgehead atoms. The van der Waals surface area contributed by atoms with Crippen LogP contribution in [0.25, 0.3) is 0 Å². The van der Waals surface area contributed by atoms with Crippen molar-refractivity contribution in [1.82, 2.24) is 9.80 Å². The number of carbonyl (C=O) groups is 1. The lowest BCUT2D eigenvalue weighted by molar-refractivity contribution is -0.110. The molecule has 3 heterocycles. The van der Waals surface area contributed by atoms with Crippen LogP contribution in [0.4, 0.5) is 8.78 Å². The monoisotopic (exact) mass is 435 g/mol. The maximum Gasteiger partial charge on any atom is 0.123 e. The third kappa shape index (κ3) is 7.45. The standard InChI is InChI=1S/C12H21N3O.C6H4F2.C6H10O/c1-14-3-9-5-15(6-10(9)4-14)12-2-11(13)7-16-8-12;7-5-1-2-6(8)4-3-5;7-5-6-3-1-2-4-6/h11-12H,2-8,13H2,1H3;1-4H;5-6H,1-4H2. The van der Waals surface area contributed by atoms with Gasteiger partial charge >= 0.3 is 0 Å². The van der Waals surface area contributed by atoms with Crippen molar-refractivity contribution in [2.75, 3.05) is 46.4 Å². The van der Waals surface area contributed by atoms with Crippen LogP contribution in [0.5, 0.6) is 0 Å². The van der Waals surface area contributed by atoms with Crippen molar-refractivity contribution in [3.05, 3.63) is 47.0 Å². The predicted octanol–water partition coefficient (Wildman–Crippen LogP) is 3.00. The topological polar surface area (TPSA) is 58.8 Å². The summed E-state index contributed by atoms with van der Waals surface area (Å²) in [5.41, 5.74) is 9.24. The number of ether oxygens (including phenoxy) is 1. The van der Waals surface area contributed by atoms with Crippen molar-refractivity contribution in [1.29, 1.82) is 0 Å². The van der Waals surface area contributed by atoms with E-state index >= 15 is 0 Å². The van der Waals surface area contributed by atoms with Gasteiger partial charge in [0.05, 0.1) is 13.2 Å². The van der Waals surface area contributed by atoms with Gasteiger partial charge in [0.15, 0.2) is 0 Å². The Balaban J connectivity index is 0.000000152. The lowest BCUT2D eigenvalue weighted by Gasteiger charge is -2.34. The van der Waals surface area contributed by atoms with Gasteiger partial charge in [0.25, 0.3) is 0 Å². The quantitative estimate of drug-likeness (QED) is 0.572. The summed E-state index contributed by atoms with van der Waals surface area (Å²) in [6.07, 6.45) is 7.00. The van der Waals surface area contributed by atoms with E-state index in [0.29, 0.717) is 12.0 Å². The number of carbonyl (C=O) groups excluding carboxylic acids is 1. The molecule has 7 heteroatoms. The van der Waals surface area contributed by atoms with Gasteiger partial charge < -0.3 is 15.3 Å². The minimum absolute atomic E-state index is 0.233. The second kappa shape index (κ2) is 11.8. The molecule has 0 amide bonds. The fourth-order valence-corrected chi connectivity index (χ4v) is 4.68. The van der Waals surface area contributed by atoms with Gasteiger partial charge in [-0.25, -0.2) is 8.78 Å². The average Bonchev–Trinajstić information content (AvgIpc) is 3.48. The van der Waals surface area contributed by atoms with E-state index in [0.717, 1.165) is 89.2 Å². The van der Waals surface area contributed by atoms with E-state index < -0.39 is 11.6 Å². The second-order valence-corrected chi connectivity index (χ2v) is 9.09. The summed E-state index contributed by atoms with van der Waals surface area (Å²) < 4.78 is 29.4. The molecule has 1 saturated carbocycles. The summed E-state index contributed by atoms with van der Waals surface area (Å²) >= 11 is 0. The normalized spacial score (nSPS) is 26.7. The third-order valence-corrected chi connectivity index (χ3v) is 6.34. The number of rotatable bonds is 2. The minimum atomic E-state index is -0.411. The molecule has 172 valence electrons. The van der Waals surface area contributed by atoms with Gasteiger partial charge in [-0.15, -0.1) is 0 Å². The van der Waals surface area contributed by atoms with Crippen molar-refractivity contribution in [3.63, 3.8) is 0 Å². The Morgan fingerprint density at radius 2 is 1.52 bits per heavy atom. The molecule has 0 radical (unpaired) electrons. The van der Waals surface area contributed by atoms with Gasteiger partial charge in [0, 0.05) is 44.2 Å². The van der Waals surface area contributed by atoms with Crippen molar-refractivity contribution in [2.45, 2.75) is 44.2 Å². The van der Waals surface area contributed by atoms with Crippen LogP contribution in [0.3, 0.4) is 0 Å². The molecule has 1 aliphatic carbocycles. The highest BCUT2D eigenvalue weighted by molar-refractivity contribution is 5.53. The van der Waals surface area contributed by atoms with E-state index in [1.807, 2.05) is 0 Å². The Hall–Kier alpha value is -1.67. The maximum absolute atomic E-state index is 11.9. The van der Waals surface area contributed by atoms with E-state index in [1.54, 1.807) is 11.1 Å². The Kier molecular flexibility index (Phi) is 9.14. The first-order valence-electron chi connectivity index (χ1n) is 11.3. The molecular weight excluding hydrogens is 400 g/mol. The second-order valence-electron chi connectivity index (χ2n) is 9.09. The summed E-state index contributed by atoms with van der Waals surface area (Å²) in [7, 11) is 2.20. The number of benzene rings is 1. The van der Waals surface area contributed by atoms with E-state index in [4.69, 9.17) is 10.5 Å². The van der Waals surface area contributed by atoms with Crippen LogP contribution in [0.2, 0.25) is 0 Å². The summed E-state index contributed by atoms with van der Waals surface area (Å²) in [5, 5.41) is 0. The zero-order valence-corrected chi connectivity index (χ0v) is 18.4. The summed E-state index contributed by atoms with van der Waals surface area (Å²) in [5.74, 6) is -0.405. The first-order valence-corrected chi connectivity index (χ1v) is 11.3. The molecule has 2 N–H and O–H groups in total. The van der Waals surface area contributed by atoms with Gasteiger partial charge in [-0.05, 0) is 61.7 Å². The van der Waals surface area contributed by atoms with Crippen LogP contribution < -0.4 is 5.73 Å². The van der Waals surface area contributed by atoms with Gasteiger partial charge in [0.1, 0.15) is 17.9 Å². The maximum atomic E-state index is 11.9. The molecule has 1 aromatic rings. The minimum Gasteiger partial charge on any atom is -0.378 e. The molecule has 5 nitrogen and oxygen atoms in total. The first kappa shape index (κ1) is 24.0. The smallest absolute Gasteiger partial charge is 0.123 e. The van der Waals surface area contributed by atoms with E-state index in [9.17, 15) is 13.6 Å². The Morgan fingerprint density at radius 3 is 1.97 bits per heavy atom. The Labute approximate surface area is 184 Å². The van der Waals surface area contributed by atoms with Crippen LogP contribution in [0.1, 0.15) is 32.1 Å². The van der Waals surface area contributed by atoms with Gasteiger partial charge in [-0.3, -0.25) is 9.80 Å². The SMILES string of the molecule is CN1CC2=C(C1)CN(C1COCC(N)C1)C2.Fc1ccc(F)cc1.O=CC1CCCC1. The number of nitrogens with zero attached hydrogens (tertiary/aromatic N) is 2. The van der Waals surface area contributed by atoms with Crippen molar-refractivity contribution in [3.8, 4) is 0 Å². The Bertz CT molecular complexity index is 696. The van der Waals surface area contributed by atoms with Crippen molar-refractivity contribution in [2.24, 2.45) is 11.7 Å². The number of hydrogen-bond donors (Lipinski definition) is 1. The molecule has 1 aromatic carbocycles. The highest BCUT2D eigenvalue weighted by atomic mass is 19.1. The largest absolute Gasteiger partial charge is 0.378 e. The number of halogens is 2. The predicted molar refractivity (Wildman–Crippen MR) is 118 cm³/mol. The third-order valence-electron chi connectivity index (χ3n) is 6.34. The highest BCUT2D eigenvalue weighted by Gasteiger charge is 2.33. The van der Waals surface area contributed by atoms with Crippen LogP contribution in [-0.2, 0) is 9.53 Å². The molecule has 2 fully saturated rings. The molecule has 3 aliphatic heterocycles. The van der Waals surface area contributed by atoms with Crippen LogP contribution in [-0.4, -0.2) is 74.6 Å². The van der Waals surface area contributed by atoms with E-state index in [1.165, 1.54) is 12.8 Å². The molecule has 5 rings (SSSR count). The Morgan fingerprint density at radius 1 is 0.968 bits per heavy atom. The number of hydrogen-bond acceptors (Lipinski definition) is 5. The van der Waals surface area contributed by atoms with E-state index in [2.05, 4.69) is 16.8 Å². The highest BCUT2D eigenvalue weighted by Crippen LogP contribution is 2.28. The fraction of sp³-hybridized carbons (Fsp3) is 0.625. The summed E-state index contributed by atoms with van der Waals surface area (Å²) in [4.78, 5) is 15.0. The number of aldehydes is 1. The van der Waals surface area contributed by atoms with Crippen LogP contribution in [0.15, 0.2) is 35.4 Å². The molecule has 1 saturated heterocycles. The molecule has 4 aliphatic rings. The molecule has 2 unspecified atom stereocenters. The van der Waals surface area contributed by atoms with Crippen LogP contribution >= 0.6 is 0 Å². The summed E-state index contributed by atoms with van der Waals surface area (Å²) in [6, 6.07) is 5.09. The lowest BCUT2D eigenvalue weighted by Crippen LogP contribution is -2.48. The molecule has 0 aromatic heterocycles. The molecule has 31 heavy (non-hydrogen) atoms.